The number of thioether (sulfide) groups is 3. The number of ether oxygens (including phenoxy) is 1. The average molecular weight is 348 g/mol. The first-order valence-corrected chi connectivity index (χ1v) is 11.7. The van der Waals surface area contributed by atoms with Gasteiger partial charge in [0.2, 0.25) is 0 Å². The molecule has 0 aromatic carbocycles. The highest BCUT2D eigenvalue weighted by Crippen LogP contribution is 2.44. The van der Waals surface area contributed by atoms with Crippen molar-refractivity contribution in [2.24, 2.45) is 5.92 Å². The predicted octanol–water partition coefficient (Wildman–Crippen LogP) is 3.50. The smallest absolute Gasteiger partial charge is 0.0783 e. The molecule has 5 unspecified atom stereocenters. The monoisotopic (exact) mass is 347 g/mol. The van der Waals surface area contributed by atoms with Gasteiger partial charge < -0.3 is 10.1 Å². The van der Waals surface area contributed by atoms with E-state index in [0.29, 0.717) is 6.04 Å². The van der Waals surface area contributed by atoms with Crippen LogP contribution in [-0.2, 0) is 4.74 Å². The largest absolute Gasteiger partial charge is 0.374 e. The summed E-state index contributed by atoms with van der Waals surface area (Å²) in [4.78, 5) is 0. The zero-order chi connectivity index (χ0) is 14.7. The first kappa shape index (κ1) is 16.8. The lowest BCUT2D eigenvalue weighted by Crippen LogP contribution is -2.53. The van der Waals surface area contributed by atoms with E-state index < -0.39 is 0 Å². The zero-order valence-corrected chi connectivity index (χ0v) is 15.8. The van der Waals surface area contributed by atoms with E-state index in [1.54, 1.807) is 0 Å². The first-order valence-electron chi connectivity index (χ1n) is 8.42. The fourth-order valence-corrected chi connectivity index (χ4v) is 8.49. The molecule has 5 atom stereocenters. The highest BCUT2D eigenvalue weighted by molar-refractivity contribution is 8.07. The molecule has 0 aromatic heterocycles. The van der Waals surface area contributed by atoms with Gasteiger partial charge in [0, 0.05) is 40.4 Å². The molecule has 2 nitrogen and oxygen atoms in total. The minimum atomic E-state index is 0.219. The van der Waals surface area contributed by atoms with Gasteiger partial charge in [-0.05, 0) is 37.5 Å². The molecule has 0 aromatic rings. The summed E-state index contributed by atoms with van der Waals surface area (Å²) in [6.45, 7) is 6.77. The van der Waals surface area contributed by atoms with Crippen molar-refractivity contribution >= 4 is 35.3 Å². The molecular weight excluding hydrogens is 318 g/mol. The molecule has 3 heterocycles. The topological polar surface area (TPSA) is 21.3 Å². The molecule has 122 valence electrons. The van der Waals surface area contributed by atoms with Gasteiger partial charge in [-0.25, -0.2) is 0 Å². The molecule has 0 aliphatic carbocycles. The minimum absolute atomic E-state index is 0.219. The van der Waals surface area contributed by atoms with Gasteiger partial charge in [0.25, 0.3) is 0 Å². The van der Waals surface area contributed by atoms with Crippen LogP contribution in [0.3, 0.4) is 0 Å². The van der Waals surface area contributed by atoms with Gasteiger partial charge in [0.1, 0.15) is 0 Å². The van der Waals surface area contributed by atoms with Crippen molar-refractivity contribution in [2.75, 3.05) is 36.2 Å². The molecule has 3 aliphatic heterocycles. The third-order valence-corrected chi connectivity index (χ3v) is 9.58. The molecule has 3 saturated heterocycles. The van der Waals surface area contributed by atoms with Crippen LogP contribution >= 0.6 is 35.3 Å². The van der Waals surface area contributed by atoms with Crippen LogP contribution in [0.2, 0.25) is 0 Å². The Balaban J connectivity index is 1.70. The fourth-order valence-electron chi connectivity index (χ4n) is 4.07. The quantitative estimate of drug-likeness (QED) is 0.838. The summed E-state index contributed by atoms with van der Waals surface area (Å²) >= 11 is 6.47. The molecule has 0 saturated carbocycles. The Labute approximate surface area is 142 Å². The van der Waals surface area contributed by atoms with Crippen LogP contribution in [0.1, 0.15) is 33.1 Å². The fraction of sp³-hybridized carbons (Fsp3) is 1.00. The van der Waals surface area contributed by atoms with Crippen molar-refractivity contribution in [3.8, 4) is 0 Å². The molecule has 1 N–H and O–H groups in total. The zero-order valence-electron chi connectivity index (χ0n) is 13.3. The number of rotatable bonds is 4. The van der Waals surface area contributed by atoms with E-state index in [4.69, 9.17) is 4.74 Å². The van der Waals surface area contributed by atoms with Crippen LogP contribution in [0, 0.1) is 5.92 Å². The standard InChI is InChI=1S/C16H29NOS3/c1-3-17-14(15-12(2)20-8-9-21-15)13-4-6-18-16(10-13)5-7-19-11-16/h12-15,17H,3-11H2,1-2H3. The third kappa shape index (κ3) is 3.90. The summed E-state index contributed by atoms with van der Waals surface area (Å²) in [5.74, 6) is 5.98. The van der Waals surface area contributed by atoms with Crippen LogP contribution in [-0.4, -0.2) is 58.3 Å². The van der Waals surface area contributed by atoms with Crippen LogP contribution < -0.4 is 5.32 Å². The van der Waals surface area contributed by atoms with E-state index in [1.807, 2.05) is 0 Å². The molecular formula is C16H29NOS3. The summed E-state index contributed by atoms with van der Waals surface area (Å²) in [7, 11) is 0. The number of hydrogen-bond acceptors (Lipinski definition) is 5. The Morgan fingerprint density at radius 1 is 1.29 bits per heavy atom. The molecule has 0 radical (unpaired) electrons. The van der Waals surface area contributed by atoms with Crippen molar-refractivity contribution in [1.29, 1.82) is 0 Å². The Hall–Kier alpha value is 0.970. The molecule has 0 amide bonds. The summed E-state index contributed by atoms with van der Waals surface area (Å²) in [5, 5.41) is 5.42. The Morgan fingerprint density at radius 2 is 2.14 bits per heavy atom. The lowest BCUT2D eigenvalue weighted by Gasteiger charge is -2.45. The van der Waals surface area contributed by atoms with Gasteiger partial charge in [-0.1, -0.05) is 13.8 Å². The van der Waals surface area contributed by atoms with Crippen LogP contribution in [0.5, 0.6) is 0 Å². The van der Waals surface area contributed by atoms with E-state index >= 15 is 0 Å². The van der Waals surface area contributed by atoms with E-state index in [0.717, 1.165) is 29.6 Å². The first-order chi connectivity index (χ1) is 10.2. The van der Waals surface area contributed by atoms with E-state index in [2.05, 4.69) is 54.4 Å². The van der Waals surface area contributed by atoms with Gasteiger partial charge in [-0.15, -0.1) is 0 Å². The number of hydrogen-bond donors (Lipinski definition) is 1. The predicted molar refractivity (Wildman–Crippen MR) is 99.0 cm³/mol. The molecule has 1 spiro atoms. The summed E-state index contributed by atoms with van der Waals surface area (Å²) < 4.78 is 6.24. The molecule has 21 heavy (non-hydrogen) atoms. The second kappa shape index (κ2) is 7.69. The van der Waals surface area contributed by atoms with Gasteiger partial charge in [-0.3, -0.25) is 0 Å². The van der Waals surface area contributed by atoms with Gasteiger partial charge in [-0.2, -0.15) is 35.3 Å². The number of nitrogens with one attached hydrogen (secondary N) is 1. The highest BCUT2D eigenvalue weighted by atomic mass is 32.2. The van der Waals surface area contributed by atoms with Crippen molar-refractivity contribution in [1.82, 2.24) is 5.32 Å². The second-order valence-electron chi connectivity index (χ2n) is 6.58. The SMILES string of the molecule is CCNC(C1CCOC2(CCSC2)C1)C1SCCSC1C. The Bertz CT molecular complexity index is 335. The third-order valence-electron chi connectivity index (χ3n) is 5.14. The van der Waals surface area contributed by atoms with E-state index in [-0.39, 0.29) is 5.60 Å². The second-order valence-corrected chi connectivity index (χ2v) is 10.5. The lowest BCUT2D eigenvalue weighted by molar-refractivity contribution is -0.0850. The maximum absolute atomic E-state index is 6.24. The molecule has 0 bridgehead atoms. The van der Waals surface area contributed by atoms with Crippen molar-refractivity contribution in [2.45, 2.75) is 55.3 Å². The van der Waals surface area contributed by atoms with Crippen molar-refractivity contribution in [3.63, 3.8) is 0 Å². The summed E-state index contributed by atoms with van der Waals surface area (Å²) in [6, 6.07) is 0.675. The maximum Gasteiger partial charge on any atom is 0.0783 e. The highest BCUT2D eigenvalue weighted by Gasteiger charge is 2.44. The van der Waals surface area contributed by atoms with Crippen LogP contribution in [0.4, 0.5) is 0 Å². The van der Waals surface area contributed by atoms with Gasteiger partial charge in [0.15, 0.2) is 0 Å². The van der Waals surface area contributed by atoms with Crippen LogP contribution in [0.15, 0.2) is 0 Å². The van der Waals surface area contributed by atoms with E-state index in [9.17, 15) is 0 Å². The molecule has 5 heteroatoms. The summed E-state index contributed by atoms with van der Waals surface area (Å²) in [6.07, 6.45) is 3.81. The van der Waals surface area contributed by atoms with Crippen molar-refractivity contribution in [3.05, 3.63) is 0 Å². The normalized spacial score (nSPS) is 42.3. The average Bonchev–Trinajstić information content (AvgIpc) is 2.93. The van der Waals surface area contributed by atoms with Crippen LogP contribution in [0.25, 0.3) is 0 Å². The van der Waals surface area contributed by atoms with Gasteiger partial charge in [0.05, 0.1) is 5.60 Å². The minimum Gasteiger partial charge on any atom is -0.374 e. The Kier molecular flexibility index (Phi) is 6.16. The van der Waals surface area contributed by atoms with Crippen molar-refractivity contribution < 1.29 is 4.74 Å². The summed E-state index contributed by atoms with van der Waals surface area (Å²) in [5.41, 5.74) is 0.219. The lowest BCUT2D eigenvalue weighted by atomic mass is 9.79. The van der Waals surface area contributed by atoms with E-state index in [1.165, 1.54) is 42.3 Å². The molecule has 3 fully saturated rings. The maximum atomic E-state index is 6.24. The molecule has 3 rings (SSSR count). The Morgan fingerprint density at radius 3 is 2.86 bits per heavy atom. The molecule has 3 aliphatic rings. The van der Waals surface area contributed by atoms with Gasteiger partial charge >= 0.3 is 0 Å².